The summed E-state index contributed by atoms with van der Waals surface area (Å²) in [5.74, 6) is -0.765. The molecule has 0 spiro atoms. The first kappa shape index (κ1) is 14.4. The predicted molar refractivity (Wildman–Crippen MR) is 62.8 cm³/mol. The molecule has 90 valence electrons. The first-order chi connectivity index (χ1) is 7.06. The minimum absolute atomic E-state index is 0.233. The molecule has 0 radical (unpaired) electrons. The monoisotopic (exact) mass is 215 g/mol. The number of hydrogen-bond acceptors (Lipinski definition) is 2. The molecule has 0 aromatic carbocycles. The Hall–Kier alpha value is -0.570. The smallest absolute Gasteiger partial charge is 0.310 e. The molecule has 3 heteroatoms. The van der Waals surface area contributed by atoms with Crippen molar-refractivity contribution < 1.29 is 9.90 Å². The van der Waals surface area contributed by atoms with Crippen LogP contribution < -0.4 is 5.73 Å². The van der Waals surface area contributed by atoms with Gasteiger partial charge in [0.1, 0.15) is 0 Å². The Balaban J connectivity index is 3.60. The van der Waals surface area contributed by atoms with Crippen LogP contribution in [0.5, 0.6) is 0 Å². The average molecular weight is 215 g/mol. The second-order valence-electron chi connectivity index (χ2n) is 4.59. The van der Waals surface area contributed by atoms with Gasteiger partial charge in [-0.05, 0) is 13.3 Å². The molecule has 1 unspecified atom stereocenters. The molecule has 15 heavy (non-hydrogen) atoms. The largest absolute Gasteiger partial charge is 0.481 e. The summed E-state index contributed by atoms with van der Waals surface area (Å²) >= 11 is 0. The van der Waals surface area contributed by atoms with Gasteiger partial charge >= 0.3 is 5.97 Å². The fourth-order valence-corrected chi connectivity index (χ4v) is 1.59. The summed E-state index contributed by atoms with van der Waals surface area (Å²) in [4.78, 5) is 10.9. The third kappa shape index (κ3) is 5.78. The molecular weight excluding hydrogens is 190 g/mol. The Morgan fingerprint density at radius 3 is 2.20 bits per heavy atom. The highest BCUT2D eigenvalue weighted by Crippen LogP contribution is 2.23. The van der Waals surface area contributed by atoms with Crippen molar-refractivity contribution in [2.75, 3.05) is 6.54 Å². The molecule has 0 aromatic heterocycles. The molecular formula is C12H25NO2. The lowest BCUT2D eigenvalue weighted by Gasteiger charge is -2.22. The lowest BCUT2D eigenvalue weighted by molar-refractivity contribution is -0.147. The Labute approximate surface area is 93.0 Å². The van der Waals surface area contributed by atoms with E-state index in [1.54, 1.807) is 6.92 Å². The standard InChI is InChI=1S/C12H25NO2/c1-3-4-5-6-7-8-9-12(2,10-13)11(14)15/h3-10,13H2,1-2H3,(H,14,15). The first-order valence-corrected chi connectivity index (χ1v) is 6.00. The molecule has 0 aliphatic carbocycles. The number of carboxylic acid groups (broad SMARTS) is 1. The normalized spacial score (nSPS) is 14.9. The molecule has 0 aromatic rings. The summed E-state index contributed by atoms with van der Waals surface area (Å²) in [6.07, 6.45) is 7.82. The Morgan fingerprint density at radius 1 is 1.20 bits per heavy atom. The molecule has 0 heterocycles. The van der Waals surface area contributed by atoms with Crippen molar-refractivity contribution >= 4 is 5.97 Å². The fourth-order valence-electron chi connectivity index (χ4n) is 1.59. The van der Waals surface area contributed by atoms with Crippen molar-refractivity contribution in [3.63, 3.8) is 0 Å². The highest BCUT2D eigenvalue weighted by Gasteiger charge is 2.30. The van der Waals surface area contributed by atoms with Gasteiger partial charge in [-0.1, -0.05) is 45.4 Å². The summed E-state index contributed by atoms with van der Waals surface area (Å²) in [6, 6.07) is 0. The number of unbranched alkanes of at least 4 members (excludes halogenated alkanes) is 5. The van der Waals surface area contributed by atoms with Gasteiger partial charge in [0.05, 0.1) is 5.41 Å². The molecule has 3 N–H and O–H groups in total. The number of hydrogen-bond donors (Lipinski definition) is 2. The second-order valence-corrected chi connectivity index (χ2v) is 4.59. The Morgan fingerprint density at radius 2 is 1.73 bits per heavy atom. The van der Waals surface area contributed by atoms with E-state index in [0.717, 1.165) is 12.8 Å². The molecule has 0 rings (SSSR count). The van der Waals surface area contributed by atoms with E-state index < -0.39 is 11.4 Å². The average Bonchev–Trinajstić information content (AvgIpc) is 2.22. The van der Waals surface area contributed by atoms with Crippen LogP contribution in [0.25, 0.3) is 0 Å². The van der Waals surface area contributed by atoms with E-state index in [2.05, 4.69) is 6.92 Å². The van der Waals surface area contributed by atoms with Gasteiger partial charge in [-0.2, -0.15) is 0 Å². The van der Waals surface area contributed by atoms with E-state index in [1.807, 2.05) is 0 Å². The summed E-state index contributed by atoms with van der Waals surface area (Å²) < 4.78 is 0. The lowest BCUT2D eigenvalue weighted by Crippen LogP contribution is -2.35. The van der Waals surface area contributed by atoms with Crippen LogP contribution >= 0.6 is 0 Å². The molecule has 0 aliphatic heterocycles. The van der Waals surface area contributed by atoms with Crippen LogP contribution in [0.4, 0.5) is 0 Å². The van der Waals surface area contributed by atoms with Gasteiger partial charge in [-0.25, -0.2) is 0 Å². The maximum atomic E-state index is 10.9. The first-order valence-electron chi connectivity index (χ1n) is 6.00. The van der Waals surface area contributed by atoms with Crippen molar-refractivity contribution in [3.8, 4) is 0 Å². The highest BCUT2D eigenvalue weighted by atomic mass is 16.4. The van der Waals surface area contributed by atoms with E-state index in [0.29, 0.717) is 6.42 Å². The zero-order valence-corrected chi connectivity index (χ0v) is 10.1. The van der Waals surface area contributed by atoms with Crippen molar-refractivity contribution in [1.82, 2.24) is 0 Å². The van der Waals surface area contributed by atoms with Crippen molar-refractivity contribution in [2.45, 2.75) is 58.8 Å². The number of aliphatic carboxylic acids is 1. The summed E-state index contributed by atoms with van der Waals surface area (Å²) in [5, 5.41) is 8.99. The molecule has 0 fully saturated rings. The van der Waals surface area contributed by atoms with Gasteiger partial charge in [0.2, 0.25) is 0 Å². The van der Waals surface area contributed by atoms with E-state index in [9.17, 15) is 4.79 Å². The summed E-state index contributed by atoms with van der Waals surface area (Å²) in [5.41, 5.74) is 4.77. The van der Waals surface area contributed by atoms with Crippen LogP contribution in [0.1, 0.15) is 58.8 Å². The number of nitrogens with two attached hydrogens (primary N) is 1. The third-order valence-electron chi connectivity index (χ3n) is 3.05. The molecule has 0 saturated carbocycles. The Kier molecular flexibility index (Phi) is 7.39. The molecule has 1 atom stereocenters. The molecule has 0 saturated heterocycles. The number of carboxylic acids is 1. The van der Waals surface area contributed by atoms with E-state index >= 15 is 0 Å². The van der Waals surface area contributed by atoms with Gasteiger partial charge in [0, 0.05) is 6.54 Å². The molecule has 0 aliphatic rings. The summed E-state index contributed by atoms with van der Waals surface area (Å²) in [6.45, 7) is 4.16. The van der Waals surface area contributed by atoms with Crippen molar-refractivity contribution in [2.24, 2.45) is 11.1 Å². The van der Waals surface area contributed by atoms with Gasteiger partial charge < -0.3 is 10.8 Å². The van der Waals surface area contributed by atoms with Crippen LogP contribution in [0.15, 0.2) is 0 Å². The molecule has 0 bridgehead atoms. The lowest BCUT2D eigenvalue weighted by atomic mass is 9.85. The van der Waals surface area contributed by atoms with E-state index in [1.165, 1.54) is 25.7 Å². The van der Waals surface area contributed by atoms with Gasteiger partial charge in [0.15, 0.2) is 0 Å². The Bertz CT molecular complexity index is 182. The zero-order valence-electron chi connectivity index (χ0n) is 10.1. The van der Waals surface area contributed by atoms with E-state index in [-0.39, 0.29) is 6.54 Å². The van der Waals surface area contributed by atoms with Gasteiger partial charge in [-0.15, -0.1) is 0 Å². The van der Waals surface area contributed by atoms with Crippen molar-refractivity contribution in [3.05, 3.63) is 0 Å². The van der Waals surface area contributed by atoms with Gasteiger partial charge in [0.25, 0.3) is 0 Å². The van der Waals surface area contributed by atoms with Crippen LogP contribution in [0.2, 0.25) is 0 Å². The third-order valence-corrected chi connectivity index (χ3v) is 3.05. The minimum Gasteiger partial charge on any atom is -0.481 e. The van der Waals surface area contributed by atoms with Crippen molar-refractivity contribution in [1.29, 1.82) is 0 Å². The van der Waals surface area contributed by atoms with Crippen LogP contribution in [0.3, 0.4) is 0 Å². The van der Waals surface area contributed by atoms with Crippen LogP contribution in [-0.2, 0) is 4.79 Å². The van der Waals surface area contributed by atoms with Crippen LogP contribution in [-0.4, -0.2) is 17.6 Å². The summed E-state index contributed by atoms with van der Waals surface area (Å²) in [7, 11) is 0. The maximum Gasteiger partial charge on any atom is 0.310 e. The minimum atomic E-state index is -0.765. The quantitative estimate of drug-likeness (QED) is 0.581. The predicted octanol–water partition coefficient (Wildman–Crippen LogP) is 2.79. The highest BCUT2D eigenvalue weighted by molar-refractivity contribution is 5.74. The van der Waals surface area contributed by atoms with Gasteiger partial charge in [-0.3, -0.25) is 4.79 Å². The maximum absolute atomic E-state index is 10.9. The fraction of sp³-hybridized carbons (Fsp3) is 0.917. The topological polar surface area (TPSA) is 63.3 Å². The molecule has 3 nitrogen and oxygen atoms in total. The number of carbonyl (C=O) groups is 1. The molecule has 0 amide bonds. The van der Waals surface area contributed by atoms with Crippen LogP contribution in [0, 0.1) is 5.41 Å². The second kappa shape index (κ2) is 7.69. The zero-order chi connectivity index (χ0) is 11.7. The SMILES string of the molecule is CCCCCCCCC(C)(CN)C(=O)O. The number of rotatable bonds is 9. The van der Waals surface area contributed by atoms with E-state index in [4.69, 9.17) is 10.8 Å².